The van der Waals surface area contributed by atoms with Crippen LogP contribution in [0.25, 0.3) is 0 Å². The summed E-state index contributed by atoms with van der Waals surface area (Å²) in [6.07, 6.45) is 12.2. The Morgan fingerprint density at radius 2 is 1.57 bits per heavy atom. The molecule has 3 nitrogen and oxygen atoms in total. The molecule has 1 aromatic carbocycles. The molecule has 3 rings (SSSR count). The third kappa shape index (κ3) is 5.31. The van der Waals surface area contributed by atoms with Crippen LogP contribution in [0.1, 0.15) is 100 Å². The van der Waals surface area contributed by atoms with Crippen LogP contribution in [0.2, 0.25) is 0 Å². The molecule has 0 bridgehead atoms. The molecular weight excluding hydrogens is 379 g/mol. The van der Waals surface area contributed by atoms with E-state index in [1.165, 1.54) is 44.6 Å². The van der Waals surface area contributed by atoms with Crippen LogP contribution in [0.3, 0.4) is 0 Å². The van der Waals surface area contributed by atoms with Gasteiger partial charge in [-0.15, -0.1) is 0 Å². The third-order valence-electron chi connectivity index (χ3n) is 7.54. The quantitative estimate of drug-likeness (QED) is 0.272. The molecule has 0 aromatic heterocycles. The van der Waals surface area contributed by atoms with Crippen molar-refractivity contribution in [3.05, 3.63) is 29.1 Å². The Labute approximate surface area is 180 Å². The summed E-state index contributed by atoms with van der Waals surface area (Å²) in [6.45, 7) is 5.59. The minimum absolute atomic E-state index is 0.0541. The van der Waals surface area contributed by atoms with Gasteiger partial charge in [0.15, 0.2) is 17.3 Å². The molecule has 2 fully saturated rings. The van der Waals surface area contributed by atoms with Gasteiger partial charge in [0.25, 0.3) is 0 Å². The highest BCUT2D eigenvalue weighted by Crippen LogP contribution is 2.42. The first kappa shape index (κ1) is 23.0. The van der Waals surface area contributed by atoms with Crippen molar-refractivity contribution >= 4 is 11.8 Å². The lowest BCUT2D eigenvalue weighted by Gasteiger charge is -2.37. The predicted molar refractivity (Wildman–Crippen MR) is 117 cm³/mol. The molecule has 0 amide bonds. The summed E-state index contributed by atoms with van der Waals surface area (Å²) < 4.78 is 20.1. The van der Waals surface area contributed by atoms with Crippen molar-refractivity contribution in [3.63, 3.8) is 0 Å². The molecule has 2 saturated carbocycles. The average molecular weight is 417 g/mol. The monoisotopic (exact) mass is 416 g/mol. The summed E-state index contributed by atoms with van der Waals surface area (Å²) in [7, 11) is 0. The molecule has 0 heterocycles. The molecule has 0 spiro atoms. The van der Waals surface area contributed by atoms with Crippen LogP contribution >= 0.6 is 0 Å². The molecule has 0 unspecified atom stereocenters. The van der Waals surface area contributed by atoms with Crippen molar-refractivity contribution in [2.24, 2.45) is 23.7 Å². The summed E-state index contributed by atoms with van der Waals surface area (Å²) in [5.74, 6) is 1.25. The first-order valence-electron chi connectivity index (χ1n) is 12.0. The number of carbonyl (C=O) groups excluding carboxylic acids is 2. The van der Waals surface area contributed by atoms with Gasteiger partial charge < -0.3 is 4.74 Å². The summed E-state index contributed by atoms with van der Waals surface area (Å²) in [5.41, 5.74) is 0.624. The summed E-state index contributed by atoms with van der Waals surface area (Å²) >= 11 is 0. The van der Waals surface area contributed by atoms with Gasteiger partial charge in [0, 0.05) is 12.0 Å². The van der Waals surface area contributed by atoms with Gasteiger partial charge in [-0.1, -0.05) is 39.5 Å². The minimum atomic E-state index is -0.597. The van der Waals surface area contributed by atoms with E-state index in [-0.39, 0.29) is 29.0 Å². The zero-order valence-electron chi connectivity index (χ0n) is 18.8. The first-order chi connectivity index (χ1) is 14.4. The van der Waals surface area contributed by atoms with Crippen molar-refractivity contribution in [2.45, 2.75) is 91.4 Å². The topological polar surface area (TPSA) is 43.4 Å². The Kier molecular flexibility index (Phi) is 8.07. The van der Waals surface area contributed by atoms with E-state index in [9.17, 15) is 14.0 Å². The lowest BCUT2D eigenvalue weighted by Crippen LogP contribution is -2.30. The second-order valence-corrected chi connectivity index (χ2v) is 9.43. The summed E-state index contributed by atoms with van der Waals surface area (Å²) in [4.78, 5) is 24.6. The molecule has 0 saturated heterocycles. The molecule has 2 aliphatic rings. The molecule has 1 aromatic rings. The van der Waals surface area contributed by atoms with Gasteiger partial charge in [-0.3, -0.25) is 9.59 Å². The van der Waals surface area contributed by atoms with Crippen LogP contribution in [0, 0.1) is 36.4 Å². The molecule has 4 heteroatoms. The standard InChI is InChI=1S/C26H37FO3/c1-4-6-18-7-9-19(10-8-18)20-11-13-21(14-12-20)26(29)30-24-16-15-22(23(28)5-2)17(3)25(24)27/h15-16,18-21H,4-14H2,1-3H3. The van der Waals surface area contributed by atoms with Crippen LogP contribution < -0.4 is 4.74 Å². The first-order valence-corrected chi connectivity index (χ1v) is 12.0. The van der Waals surface area contributed by atoms with Crippen LogP contribution in [0.15, 0.2) is 12.1 Å². The van der Waals surface area contributed by atoms with E-state index in [1.807, 2.05) is 0 Å². The Morgan fingerprint density at radius 3 is 2.13 bits per heavy atom. The van der Waals surface area contributed by atoms with E-state index in [4.69, 9.17) is 4.74 Å². The Hall–Kier alpha value is -1.71. The second kappa shape index (κ2) is 10.5. The fraction of sp³-hybridized carbons (Fsp3) is 0.692. The smallest absolute Gasteiger partial charge is 0.314 e. The van der Waals surface area contributed by atoms with E-state index in [0.29, 0.717) is 12.0 Å². The maximum Gasteiger partial charge on any atom is 0.314 e. The molecule has 166 valence electrons. The number of Topliss-reactive ketones (excluding diaryl/α,β-unsaturated/α-hetero) is 1. The normalized spacial score (nSPS) is 26.9. The van der Waals surface area contributed by atoms with Crippen molar-refractivity contribution < 1.29 is 18.7 Å². The van der Waals surface area contributed by atoms with Gasteiger partial charge >= 0.3 is 5.97 Å². The van der Waals surface area contributed by atoms with Gasteiger partial charge in [0.1, 0.15) is 0 Å². The van der Waals surface area contributed by atoms with Crippen molar-refractivity contribution in [1.29, 1.82) is 0 Å². The molecular formula is C26H37FO3. The number of rotatable bonds is 7. The average Bonchev–Trinajstić information content (AvgIpc) is 2.77. The number of carbonyl (C=O) groups is 2. The maximum absolute atomic E-state index is 14.6. The molecule has 0 radical (unpaired) electrons. The molecule has 0 atom stereocenters. The summed E-state index contributed by atoms with van der Waals surface area (Å²) in [5, 5.41) is 0. The number of esters is 1. The molecule has 0 N–H and O–H groups in total. The highest BCUT2D eigenvalue weighted by Gasteiger charge is 2.33. The lowest BCUT2D eigenvalue weighted by molar-refractivity contribution is -0.140. The van der Waals surface area contributed by atoms with Crippen molar-refractivity contribution in [1.82, 2.24) is 0 Å². The number of ether oxygens (including phenoxy) is 1. The van der Waals surface area contributed by atoms with Gasteiger partial charge in [0.2, 0.25) is 0 Å². The maximum atomic E-state index is 14.6. The minimum Gasteiger partial charge on any atom is -0.423 e. The number of halogens is 1. The van der Waals surface area contributed by atoms with Gasteiger partial charge in [-0.2, -0.15) is 0 Å². The Morgan fingerprint density at radius 1 is 0.967 bits per heavy atom. The lowest BCUT2D eigenvalue weighted by atomic mass is 9.69. The fourth-order valence-electron chi connectivity index (χ4n) is 5.61. The van der Waals surface area contributed by atoms with Gasteiger partial charge in [-0.25, -0.2) is 4.39 Å². The van der Waals surface area contributed by atoms with Crippen LogP contribution in [-0.2, 0) is 4.79 Å². The molecule has 30 heavy (non-hydrogen) atoms. The Balaban J connectivity index is 1.51. The van der Waals surface area contributed by atoms with Crippen molar-refractivity contribution in [3.8, 4) is 5.75 Å². The zero-order valence-corrected chi connectivity index (χ0v) is 18.8. The summed E-state index contributed by atoms with van der Waals surface area (Å²) in [6, 6.07) is 2.99. The second-order valence-electron chi connectivity index (χ2n) is 9.43. The van der Waals surface area contributed by atoms with Crippen LogP contribution in [-0.4, -0.2) is 11.8 Å². The highest BCUT2D eigenvalue weighted by atomic mass is 19.1. The van der Waals surface area contributed by atoms with Gasteiger partial charge in [0.05, 0.1) is 5.92 Å². The van der Waals surface area contributed by atoms with E-state index >= 15 is 0 Å². The SMILES string of the molecule is CCCC1CCC(C2CCC(C(=O)Oc3ccc(C(=O)CC)c(C)c3F)CC2)CC1. The van der Waals surface area contributed by atoms with Crippen molar-refractivity contribution in [2.75, 3.05) is 0 Å². The number of benzene rings is 1. The number of hydrogen-bond acceptors (Lipinski definition) is 3. The fourth-order valence-corrected chi connectivity index (χ4v) is 5.61. The molecule has 0 aliphatic heterocycles. The van der Waals surface area contributed by atoms with Crippen LogP contribution in [0.4, 0.5) is 4.39 Å². The van der Waals surface area contributed by atoms with E-state index in [0.717, 1.165) is 43.4 Å². The number of hydrogen-bond donors (Lipinski definition) is 0. The Bertz CT molecular complexity index is 741. The van der Waals surface area contributed by atoms with E-state index in [1.54, 1.807) is 19.9 Å². The van der Waals surface area contributed by atoms with E-state index < -0.39 is 5.82 Å². The highest BCUT2D eigenvalue weighted by molar-refractivity contribution is 5.97. The molecule has 2 aliphatic carbocycles. The number of ketones is 1. The predicted octanol–water partition coefficient (Wildman–Crippen LogP) is 7.05. The van der Waals surface area contributed by atoms with Gasteiger partial charge in [-0.05, 0) is 80.9 Å². The van der Waals surface area contributed by atoms with Crippen LogP contribution in [0.5, 0.6) is 5.75 Å². The zero-order chi connectivity index (χ0) is 21.7. The largest absolute Gasteiger partial charge is 0.423 e. The third-order valence-corrected chi connectivity index (χ3v) is 7.54. The van der Waals surface area contributed by atoms with E-state index in [2.05, 4.69) is 6.92 Å².